The lowest BCUT2D eigenvalue weighted by Crippen LogP contribution is -2.29. The SMILES string of the molecule is CCC(=O)c1ccc2[nH]c(-c3n[nH]c4ccsc34)cc2c1.CCC(O)(c1ccc2[nH]c(-c3n[nH]c4ccsc34)cc2c1)c1ccccc1CN1CCCC1. The molecule has 5 N–H and O–H groups in total. The first-order chi connectivity index (χ1) is 26.4. The van der Waals surface area contributed by atoms with Crippen LogP contribution in [0, 0.1) is 0 Å². The van der Waals surface area contributed by atoms with Crippen molar-refractivity contribution in [1.82, 2.24) is 35.3 Å². The van der Waals surface area contributed by atoms with Crippen LogP contribution in [-0.4, -0.2) is 59.2 Å². The zero-order valence-electron chi connectivity index (χ0n) is 30.2. The average molecular weight is 752 g/mol. The van der Waals surface area contributed by atoms with E-state index in [1.54, 1.807) is 22.7 Å². The highest BCUT2D eigenvalue weighted by atomic mass is 32.1. The molecule has 1 aliphatic heterocycles. The summed E-state index contributed by atoms with van der Waals surface area (Å²) in [5, 5.41) is 33.3. The van der Waals surface area contributed by atoms with E-state index >= 15 is 0 Å². The first-order valence-electron chi connectivity index (χ1n) is 18.6. The predicted molar refractivity (Wildman–Crippen MR) is 221 cm³/mol. The van der Waals surface area contributed by atoms with Gasteiger partial charge in [-0.2, -0.15) is 10.2 Å². The van der Waals surface area contributed by atoms with Crippen LogP contribution >= 0.6 is 22.7 Å². The number of aromatic amines is 4. The highest BCUT2D eigenvalue weighted by Gasteiger charge is 2.32. The number of thiophene rings is 2. The van der Waals surface area contributed by atoms with Crippen molar-refractivity contribution in [3.05, 3.63) is 118 Å². The Bertz CT molecular complexity index is 2760. The molecule has 1 unspecified atom stereocenters. The van der Waals surface area contributed by atoms with Crippen LogP contribution in [0.15, 0.2) is 95.7 Å². The van der Waals surface area contributed by atoms with Gasteiger partial charge >= 0.3 is 0 Å². The zero-order valence-corrected chi connectivity index (χ0v) is 31.8. The summed E-state index contributed by atoms with van der Waals surface area (Å²) in [6.07, 6.45) is 3.67. The number of H-pyrrole nitrogens is 4. The maximum atomic E-state index is 12.0. The van der Waals surface area contributed by atoms with Gasteiger partial charge in [0.05, 0.1) is 31.8 Å². The van der Waals surface area contributed by atoms with Gasteiger partial charge in [-0.3, -0.25) is 19.9 Å². The molecule has 0 spiro atoms. The van der Waals surface area contributed by atoms with Crippen LogP contribution in [0.2, 0.25) is 0 Å². The van der Waals surface area contributed by atoms with Gasteiger partial charge < -0.3 is 15.1 Å². The lowest BCUT2D eigenvalue weighted by atomic mass is 9.81. The molecule has 3 aromatic carbocycles. The van der Waals surface area contributed by atoms with Gasteiger partial charge in [-0.1, -0.05) is 44.2 Å². The van der Waals surface area contributed by atoms with Gasteiger partial charge in [-0.05, 0) is 114 Å². The highest BCUT2D eigenvalue weighted by molar-refractivity contribution is 7.18. The number of ketones is 1. The number of Topliss-reactive ketones (excluding diaryl/α,β-unsaturated/α-hetero) is 1. The van der Waals surface area contributed by atoms with Crippen molar-refractivity contribution in [1.29, 1.82) is 0 Å². The van der Waals surface area contributed by atoms with Crippen molar-refractivity contribution < 1.29 is 9.90 Å². The number of fused-ring (bicyclic) bond motifs is 4. The topological polar surface area (TPSA) is 129 Å². The number of benzene rings is 3. The molecule has 10 rings (SSSR count). The van der Waals surface area contributed by atoms with Crippen molar-refractivity contribution in [2.75, 3.05) is 13.1 Å². The summed E-state index contributed by atoms with van der Waals surface area (Å²) in [5.74, 6) is 0.167. The van der Waals surface area contributed by atoms with Crippen LogP contribution < -0.4 is 0 Å². The predicted octanol–water partition coefficient (Wildman–Crippen LogP) is 10.4. The molecule has 0 aliphatic carbocycles. The molecule has 9 nitrogen and oxygen atoms in total. The zero-order chi connectivity index (χ0) is 36.8. The standard InChI is InChI=1S/C27H28N4OS.C16H13N3OS/c1-2-27(32,21-8-4-3-7-18(21)17-31-12-5-6-13-31)20-9-10-22-19(15-20)16-24(28-22)25-26-23(29-30-25)11-14-33-26;1-2-14(20)9-3-4-11-10(7-9)8-13(17-11)15-16-12(18-19-15)5-6-21-16/h3-4,7-11,14-16,28,32H,2,5-6,12-13,17H2,1H3,(H,29,30);3-8,17H,2H2,1H3,(H,18,19). The summed E-state index contributed by atoms with van der Waals surface area (Å²) in [7, 11) is 0. The minimum atomic E-state index is -1.03. The number of rotatable bonds is 9. The number of carbonyl (C=O) groups is 1. The molecule has 1 fully saturated rings. The molecule has 1 aliphatic rings. The van der Waals surface area contributed by atoms with Crippen LogP contribution in [0.1, 0.15) is 66.6 Å². The molecule has 9 aromatic rings. The fraction of sp³-hybridized carbons (Fsp3) is 0.233. The monoisotopic (exact) mass is 751 g/mol. The fourth-order valence-corrected chi connectivity index (χ4v) is 9.51. The largest absolute Gasteiger partial charge is 0.380 e. The molecule has 11 heteroatoms. The third-order valence-corrected chi connectivity index (χ3v) is 12.6. The number of hydrogen-bond donors (Lipinski definition) is 5. The van der Waals surface area contributed by atoms with Crippen LogP contribution in [0.4, 0.5) is 0 Å². The van der Waals surface area contributed by atoms with E-state index in [-0.39, 0.29) is 5.78 Å². The Morgan fingerprint density at radius 3 is 2.00 bits per heavy atom. The molecule has 0 radical (unpaired) electrons. The second-order valence-electron chi connectivity index (χ2n) is 14.1. The molecule has 7 heterocycles. The van der Waals surface area contributed by atoms with E-state index in [2.05, 4.69) is 102 Å². The Labute approximate surface area is 320 Å². The normalized spacial score (nSPS) is 14.6. The average Bonchev–Trinajstić information content (AvgIpc) is 4.04. The van der Waals surface area contributed by atoms with Gasteiger partial charge in [0.2, 0.25) is 0 Å². The summed E-state index contributed by atoms with van der Waals surface area (Å²) >= 11 is 3.36. The minimum Gasteiger partial charge on any atom is -0.380 e. The van der Waals surface area contributed by atoms with Crippen molar-refractivity contribution in [3.8, 4) is 22.8 Å². The molecule has 1 atom stereocenters. The maximum absolute atomic E-state index is 12.0. The second kappa shape index (κ2) is 14.1. The van der Waals surface area contributed by atoms with E-state index < -0.39 is 5.60 Å². The second-order valence-corrected chi connectivity index (χ2v) is 15.9. The molecular weight excluding hydrogens is 711 g/mol. The Kier molecular flexibility index (Phi) is 9.02. The Hall–Kier alpha value is -5.33. The quantitative estimate of drug-likeness (QED) is 0.0938. The lowest BCUT2D eigenvalue weighted by molar-refractivity contribution is 0.0749. The fourth-order valence-electron chi connectivity index (χ4n) is 7.81. The van der Waals surface area contributed by atoms with E-state index in [9.17, 15) is 9.90 Å². The summed E-state index contributed by atoms with van der Waals surface area (Å²) in [4.78, 5) is 21.2. The number of aromatic nitrogens is 6. The van der Waals surface area contributed by atoms with Gasteiger partial charge in [-0.15, -0.1) is 22.7 Å². The van der Waals surface area contributed by atoms with Gasteiger partial charge in [0.1, 0.15) is 17.0 Å². The van der Waals surface area contributed by atoms with Crippen LogP contribution in [0.25, 0.3) is 65.0 Å². The Morgan fingerprint density at radius 2 is 1.37 bits per heavy atom. The highest BCUT2D eigenvalue weighted by Crippen LogP contribution is 2.39. The van der Waals surface area contributed by atoms with E-state index in [0.717, 1.165) is 101 Å². The van der Waals surface area contributed by atoms with Crippen molar-refractivity contribution >= 4 is 70.7 Å². The number of aliphatic hydroxyl groups is 1. The summed E-state index contributed by atoms with van der Waals surface area (Å²) in [6.45, 7) is 7.12. The first kappa shape index (κ1) is 34.4. The summed E-state index contributed by atoms with van der Waals surface area (Å²) in [5.41, 5.74) is 10.9. The number of hydrogen-bond acceptors (Lipinski definition) is 7. The molecule has 0 amide bonds. The van der Waals surface area contributed by atoms with Crippen LogP contribution in [-0.2, 0) is 12.1 Å². The Morgan fingerprint density at radius 1 is 0.759 bits per heavy atom. The molecule has 6 aromatic heterocycles. The third kappa shape index (κ3) is 6.16. The summed E-state index contributed by atoms with van der Waals surface area (Å²) in [6, 6.07) is 28.7. The van der Waals surface area contributed by atoms with Crippen LogP contribution in [0.3, 0.4) is 0 Å². The smallest absolute Gasteiger partial charge is 0.162 e. The molecule has 272 valence electrons. The van der Waals surface area contributed by atoms with E-state index in [1.165, 1.54) is 18.4 Å². The van der Waals surface area contributed by atoms with E-state index in [0.29, 0.717) is 12.8 Å². The molecule has 54 heavy (non-hydrogen) atoms. The Balaban J connectivity index is 0.000000157. The number of carbonyl (C=O) groups excluding carboxylic acids is 1. The van der Waals surface area contributed by atoms with E-state index in [4.69, 9.17) is 0 Å². The molecule has 0 bridgehead atoms. The van der Waals surface area contributed by atoms with Crippen molar-refractivity contribution in [2.45, 2.75) is 51.7 Å². The van der Waals surface area contributed by atoms with Crippen molar-refractivity contribution in [3.63, 3.8) is 0 Å². The van der Waals surface area contributed by atoms with Gasteiger partial charge in [-0.25, -0.2) is 0 Å². The van der Waals surface area contributed by atoms with Gasteiger partial charge in [0.25, 0.3) is 0 Å². The molecule has 0 saturated carbocycles. The lowest BCUT2D eigenvalue weighted by Gasteiger charge is -2.31. The minimum absolute atomic E-state index is 0.167. The van der Waals surface area contributed by atoms with Crippen LogP contribution in [0.5, 0.6) is 0 Å². The summed E-state index contributed by atoms with van der Waals surface area (Å²) < 4.78 is 2.30. The number of nitrogens with zero attached hydrogens (tertiary/aromatic N) is 3. The number of likely N-dealkylation sites (tertiary alicyclic amines) is 1. The molecule has 1 saturated heterocycles. The van der Waals surface area contributed by atoms with E-state index in [1.807, 2.05) is 42.6 Å². The third-order valence-electron chi connectivity index (χ3n) is 10.8. The molecular formula is C43H41N7O2S2. The van der Waals surface area contributed by atoms with Gasteiger partial charge in [0, 0.05) is 40.3 Å². The van der Waals surface area contributed by atoms with Crippen molar-refractivity contribution in [2.24, 2.45) is 0 Å². The maximum Gasteiger partial charge on any atom is 0.162 e. The number of nitrogens with one attached hydrogen (secondary N) is 4. The first-order valence-corrected chi connectivity index (χ1v) is 20.3. The van der Waals surface area contributed by atoms with Gasteiger partial charge in [0.15, 0.2) is 5.78 Å².